The fourth-order valence-corrected chi connectivity index (χ4v) is 6.99. The molecular formula is C22H24N2O5. The van der Waals surface area contributed by atoms with Crippen molar-refractivity contribution >= 4 is 17.4 Å². The number of amides is 1. The van der Waals surface area contributed by atoms with Gasteiger partial charge in [0.2, 0.25) is 0 Å². The number of benzene rings is 1. The lowest BCUT2D eigenvalue weighted by Crippen LogP contribution is -2.61. The number of carbonyl (C=O) groups excluding carboxylic acids is 2. The summed E-state index contributed by atoms with van der Waals surface area (Å²) in [6, 6.07) is 5.34. The molecule has 29 heavy (non-hydrogen) atoms. The van der Waals surface area contributed by atoms with E-state index in [2.05, 4.69) is 0 Å². The van der Waals surface area contributed by atoms with E-state index in [4.69, 9.17) is 0 Å². The highest BCUT2D eigenvalue weighted by Crippen LogP contribution is 2.61. The molecule has 1 N–H and O–H groups in total. The van der Waals surface area contributed by atoms with Crippen molar-refractivity contribution in [1.82, 2.24) is 4.90 Å². The molecule has 0 spiro atoms. The Balaban J connectivity index is 1.68. The van der Waals surface area contributed by atoms with E-state index < -0.39 is 34.0 Å². The van der Waals surface area contributed by atoms with Gasteiger partial charge in [0.15, 0.2) is 11.5 Å². The minimum absolute atomic E-state index is 0.0138. The number of nitro benzene ring substituents is 1. The highest BCUT2D eigenvalue weighted by atomic mass is 16.6. The molecule has 6 rings (SSSR count). The summed E-state index contributed by atoms with van der Waals surface area (Å²) in [5, 5.41) is 22.4. The van der Waals surface area contributed by atoms with Crippen LogP contribution in [0.4, 0.5) is 5.69 Å². The molecule has 4 bridgehead atoms. The summed E-state index contributed by atoms with van der Waals surface area (Å²) in [5.74, 6) is 0.111. The Kier molecular flexibility index (Phi) is 3.89. The standard InChI is InChI=1S/C22H24N2O5/c1-12(25)18-19(16-4-2-3-5-17(16)24(28)29)23(21(27)20(18)26)22-9-13-6-14(10-22)8-15(7-13)11-22/h2-5,13-15,19,26H,6-11H2,1H3. The Bertz CT molecular complexity index is 930. The van der Waals surface area contributed by atoms with Crippen LogP contribution in [0.1, 0.15) is 57.1 Å². The Morgan fingerprint density at radius 1 is 1.14 bits per heavy atom. The van der Waals surface area contributed by atoms with Gasteiger partial charge in [-0.1, -0.05) is 12.1 Å². The Morgan fingerprint density at radius 3 is 2.21 bits per heavy atom. The average Bonchev–Trinajstić information content (AvgIpc) is 2.92. The van der Waals surface area contributed by atoms with Gasteiger partial charge in [0.05, 0.1) is 22.1 Å². The van der Waals surface area contributed by atoms with Gasteiger partial charge in [-0.3, -0.25) is 19.7 Å². The van der Waals surface area contributed by atoms with E-state index in [1.165, 1.54) is 32.3 Å². The summed E-state index contributed by atoms with van der Waals surface area (Å²) in [6.07, 6.45) is 6.07. The molecule has 7 heteroatoms. The van der Waals surface area contributed by atoms with Crippen molar-refractivity contribution in [1.29, 1.82) is 0 Å². The van der Waals surface area contributed by atoms with Crippen LogP contribution in [-0.4, -0.2) is 32.2 Å². The van der Waals surface area contributed by atoms with Gasteiger partial charge in [0.25, 0.3) is 11.6 Å². The molecule has 1 aromatic carbocycles. The number of hydrogen-bond donors (Lipinski definition) is 1. The van der Waals surface area contributed by atoms with Gasteiger partial charge in [-0.2, -0.15) is 0 Å². The van der Waals surface area contributed by atoms with Crippen molar-refractivity contribution in [3.8, 4) is 0 Å². The van der Waals surface area contributed by atoms with Crippen LogP contribution >= 0.6 is 0 Å². The predicted molar refractivity (Wildman–Crippen MR) is 104 cm³/mol. The van der Waals surface area contributed by atoms with Crippen molar-refractivity contribution in [3.05, 3.63) is 51.3 Å². The molecule has 4 saturated carbocycles. The highest BCUT2D eigenvalue weighted by molar-refractivity contribution is 6.08. The lowest BCUT2D eigenvalue weighted by Gasteiger charge is -2.60. The monoisotopic (exact) mass is 396 g/mol. The van der Waals surface area contributed by atoms with E-state index in [1.54, 1.807) is 23.1 Å². The van der Waals surface area contributed by atoms with Gasteiger partial charge in [-0.05, 0) is 69.3 Å². The summed E-state index contributed by atoms with van der Waals surface area (Å²) in [5.41, 5.74) is -0.282. The summed E-state index contributed by atoms with van der Waals surface area (Å²) >= 11 is 0. The fourth-order valence-electron chi connectivity index (χ4n) is 6.99. The maximum atomic E-state index is 13.3. The minimum Gasteiger partial charge on any atom is -0.503 e. The number of para-hydroxylation sites is 1. The number of rotatable bonds is 4. The quantitative estimate of drug-likeness (QED) is 0.615. The highest BCUT2D eigenvalue weighted by Gasteiger charge is 2.60. The number of Topliss-reactive ketones (excluding diaryl/α,β-unsaturated/α-hetero) is 1. The summed E-state index contributed by atoms with van der Waals surface area (Å²) in [4.78, 5) is 38.7. The third-order valence-corrected chi connectivity index (χ3v) is 7.53. The van der Waals surface area contributed by atoms with Gasteiger partial charge in [0.1, 0.15) is 0 Å². The van der Waals surface area contributed by atoms with Crippen LogP contribution in [0, 0.1) is 27.9 Å². The van der Waals surface area contributed by atoms with Crippen molar-refractivity contribution in [2.75, 3.05) is 0 Å². The van der Waals surface area contributed by atoms with Gasteiger partial charge < -0.3 is 10.0 Å². The van der Waals surface area contributed by atoms with Crippen LogP contribution < -0.4 is 0 Å². The van der Waals surface area contributed by atoms with Crippen LogP contribution in [0.5, 0.6) is 0 Å². The first-order valence-corrected chi connectivity index (χ1v) is 10.3. The lowest BCUT2D eigenvalue weighted by atomic mass is 9.52. The molecule has 152 valence electrons. The van der Waals surface area contributed by atoms with E-state index in [1.807, 2.05) is 0 Å². The Morgan fingerprint density at radius 2 is 1.69 bits per heavy atom. The molecule has 5 aliphatic rings. The third-order valence-electron chi connectivity index (χ3n) is 7.53. The second kappa shape index (κ2) is 6.15. The number of aliphatic hydroxyl groups excluding tert-OH is 1. The second-order valence-corrected chi connectivity index (χ2v) is 9.35. The molecule has 7 nitrogen and oxygen atoms in total. The number of nitro groups is 1. The number of nitrogens with zero attached hydrogens (tertiary/aromatic N) is 2. The van der Waals surface area contributed by atoms with Crippen molar-refractivity contribution in [2.45, 2.75) is 57.0 Å². The van der Waals surface area contributed by atoms with Gasteiger partial charge in [0, 0.05) is 11.6 Å². The largest absolute Gasteiger partial charge is 0.503 e. The van der Waals surface area contributed by atoms with Crippen LogP contribution in [0.3, 0.4) is 0 Å². The minimum atomic E-state index is -0.905. The normalized spacial score (nSPS) is 35.5. The molecule has 1 amide bonds. The number of aliphatic hydroxyl groups is 1. The molecule has 0 aromatic heterocycles. The molecule has 4 fully saturated rings. The topological polar surface area (TPSA) is 101 Å². The Hall–Kier alpha value is -2.70. The SMILES string of the molecule is CC(=O)C1=C(O)C(=O)N(C23CC4CC(CC(C4)C2)C3)C1c1ccccc1[N+](=O)[O-]. The van der Waals surface area contributed by atoms with E-state index in [-0.39, 0.29) is 11.3 Å². The zero-order valence-electron chi connectivity index (χ0n) is 16.3. The van der Waals surface area contributed by atoms with Crippen LogP contribution in [0.15, 0.2) is 35.6 Å². The molecule has 0 radical (unpaired) electrons. The van der Waals surface area contributed by atoms with Gasteiger partial charge in [-0.15, -0.1) is 0 Å². The first-order chi connectivity index (χ1) is 13.8. The molecule has 1 atom stereocenters. The smallest absolute Gasteiger partial charge is 0.290 e. The van der Waals surface area contributed by atoms with Crippen molar-refractivity contribution in [3.63, 3.8) is 0 Å². The summed E-state index contributed by atoms with van der Waals surface area (Å²) < 4.78 is 0. The Labute approximate surface area is 168 Å². The zero-order valence-corrected chi connectivity index (χ0v) is 16.3. The van der Waals surface area contributed by atoms with E-state index in [9.17, 15) is 24.8 Å². The fraction of sp³-hybridized carbons (Fsp3) is 0.545. The van der Waals surface area contributed by atoms with Crippen molar-refractivity contribution < 1.29 is 19.6 Å². The number of carbonyl (C=O) groups is 2. The summed E-state index contributed by atoms with van der Waals surface area (Å²) in [6.45, 7) is 1.31. The average molecular weight is 396 g/mol. The number of hydrogen-bond acceptors (Lipinski definition) is 5. The van der Waals surface area contributed by atoms with Gasteiger partial charge in [-0.25, -0.2) is 0 Å². The lowest BCUT2D eigenvalue weighted by molar-refractivity contribution is -0.385. The first-order valence-electron chi connectivity index (χ1n) is 10.3. The molecule has 0 saturated heterocycles. The molecule has 1 heterocycles. The first kappa shape index (κ1) is 18.3. The molecular weight excluding hydrogens is 372 g/mol. The van der Waals surface area contributed by atoms with E-state index >= 15 is 0 Å². The van der Waals surface area contributed by atoms with Gasteiger partial charge >= 0.3 is 0 Å². The maximum absolute atomic E-state index is 13.3. The molecule has 1 unspecified atom stereocenters. The second-order valence-electron chi connectivity index (χ2n) is 9.35. The maximum Gasteiger partial charge on any atom is 0.290 e. The molecule has 1 aromatic rings. The third kappa shape index (κ3) is 2.56. The molecule has 1 aliphatic heterocycles. The zero-order chi connectivity index (χ0) is 20.5. The van der Waals surface area contributed by atoms with Crippen LogP contribution in [-0.2, 0) is 9.59 Å². The van der Waals surface area contributed by atoms with E-state index in [0.29, 0.717) is 23.3 Å². The summed E-state index contributed by atoms with van der Waals surface area (Å²) in [7, 11) is 0. The number of ketones is 1. The predicted octanol–water partition coefficient (Wildman–Crippen LogP) is 3.85. The van der Waals surface area contributed by atoms with E-state index in [0.717, 1.165) is 19.3 Å². The molecule has 4 aliphatic carbocycles. The van der Waals surface area contributed by atoms with Crippen LogP contribution in [0.25, 0.3) is 0 Å². The van der Waals surface area contributed by atoms with Crippen LogP contribution in [0.2, 0.25) is 0 Å². The van der Waals surface area contributed by atoms with Crippen molar-refractivity contribution in [2.24, 2.45) is 17.8 Å².